The van der Waals surface area contributed by atoms with Gasteiger partial charge in [0.15, 0.2) is 0 Å². The third-order valence-corrected chi connectivity index (χ3v) is 12.5. The number of rotatable bonds is 48. The van der Waals surface area contributed by atoms with E-state index in [9.17, 15) is 9.59 Å². The fourth-order valence-corrected chi connectivity index (χ4v) is 7.57. The molecule has 0 aromatic heterocycles. The van der Waals surface area contributed by atoms with Crippen molar-refractivity contribution in [1.29, 1.82) is 0 Å². The minimum absolute atomic E-state index is 0.0420. The molecule has 0 aromatic rings. The molecule has 2 unspecified atom stereocenters. The van der Waals surface area contributed by atoms with E-state index in [1.54, 1.807) is 7.11 Å². The van der Waals surface area contributed by atoms with E-state index in [0.29, 0.717) is 32.6 Å². The van der Waals surface area contributed by atoms with E-state index in [0.717, 1.165) is 38.9 Å². The first-order valence-corrected chi connectivity index (χ1v) is 25.9. The van der Waals surface area contributed by atoms with Gasteiger partial charge >= 0.3 is 5.97 Å². The number of esters is 1. The molecule has 0 fully saturated rings. The maximum atomic E-state index is 12.6. The van der Waals surface area contributed by atoms with E-state index in [4.69, 9.17) is 23.7 Å². The Bertz CT molecular complexity index is 924. The molecule has 8 nitrogen and oxygen atoms in total. The molecule has 2 atom stereocenters. The Morgan fingerprint density at radius 2 is 0.983 bits per heavy atom. The third-order valence-electron chi connectivity index (χ3n) is 12.5. The predicted octanol–water partition coefficient (Wildman–Crippen LogP) is 14.6. The van der Waals surface area contributed by atoms with Crippen molar-refractivity contribution in [3.8, 4) is 0 Å². The molecule has 0 heterocycles. The first-order valence-electron chi connectivity index (χ1n) is 25.9. The van der Waals surface area contributed by atoms with Gasteiger partial charge in [0.05, 0.1) is 43.5 Å². The van der Waals surface area contributed by atoms with E-state index in [1.807, 2.05) is 13.8 Å². The van der Waals surface area contributed by atoms with E-state index in [2.05, 4.69) is 33.0 Å². The van der Waals surface area contributed by atoms with Crippen LogP contribution in [-0.2, 0) is 33.3 Å². The molecular formula is C52H103NO7. The van der Waals surface area contributed by atoms with Crippen LogP contribution in [0.4, 0.5) is 0 Å². The van der Waals surface area contributed by atoms with Gasteiger partial charge in [-0.1, -0.05) is 188 Å². The van der Waals surface area contributed by atoms with Crippen molar-refractivity contribution in [3.63, 3.8) is 0 Å². The van der Waals surface area contributed by atoms with Crippen molar-refractivity contribution < 1.29 is 33.3 Å². The highest BCUT2D eigenvalue weighted by Gasteiger charge is 2.24. The number of methoxy groups -OCH3 is 1. The van der Waals surface area contributed by atoms with E-state index < -0.39 is 5.60 Å². The van der Waals surface area contributed by atoms with Crippen molar-refractivity contribution in [2.45, 2.75) is 277 Å². The Kier molecular flexibility index (Phi) is 42.2. The smallest absolute Gasteiger partial charge is 0.306 e. The SMILES string of the molecule is CCCCCCCCCCCCCCCCOCC(CCNC(=O)CCC(=O)OCCC(C)(C)OCCC(C)(CC)OC)OCCCCCCCCCCCCCCCC. The lowest BCUT2D eigenvalue weighted by molar-refractivity contribution is -0.147. The molecule has 0 saturated heterocycles. The largest absolute Gasteiger partial charge is 0.466 e. The predicted molar refractivity (Wildman–Crippen MR) is 254 cm³/mol. The minimum Gasteiger partial charge on any atom is -0.466 e. The van der Waals surface area contributed by atoms with Gasteiger partial charge in [-0.2, -0.15) is 0 Å². The maximum Gasteiger partial charge on any atom is 0.306 e. The summed E-state index contributed by atoms with van der Waals surface area (Å²) in [4.78, 5) is 25.0. The Balaban J connectivity index is 4.34. The van der Waals surface area contributed by atoms with Crippen LogP contribution < -0.4 is 5.32 Å². The summed E-state index contributed by atoms with van der Waals surface area (Å²) in [6.07, 6.45) is 40.8. The summed E-state index contributed by atoms with van der Waals surface area (Å²) >= 11 is 0. The molecule has 0 aromatic carbocycles. The summed E-state index contributed by atoms with van der Waals surface area (Å²) in [6.45, 7) is 16.2. The first kappa shape index (κ1) is 58.8. The van der Waals surface area contributed by atoms with Crippen LogP contribution in [0, 0.1) is 0 Å². The molecule has 0 rings (SSSR count). The second-order valence-corrected chi connectivity index (χ2v) is 18.7. The lowest BCUT2D eigenvalue weighted by atomic mass is 9.99. The van der Waals surface area contributed by atoms with E-state index in [1.165, 1.54) is 167 Å². The Morgan fingerprint density at radius 3 is 1.43 bits per heavy atom. The average Bonchev–Trinajstić information content (AvgIpc) is 3.23. The number of carbonyl (C=O) groups excluding carboxylic acids is 2. The number of hydrogen-bond acceptors (Lipinski definition) is 7. The van der Waals surface area contributed by atoms with Crippen molar-refractivity contribution in [2.24, 2.45) is 0 Å². The van der Waals surface area contributed by atoms with Gasteiger partial charge in [0.25, 0.3) is 0 Å². The first-order chi connectivity index (χ1) is 29.1. The van der Waals surface area contributed by atoms with Crippen molar-refractivity contribution in [2.75, 3.05) is 46.7 Å². The normalized spacial score (nSPS) is 13.4. The van der Waals surface area contributed by atoms with Crippen LogP contribution >= 0.6 is 0 Å². The van der Waals surface area contributed by atoms with Crippen molar-refractivity contribution in [1.82, 2.24) is 5.32 Å². The molecule has 0 bridgehead atoms. The van der Waals surface area contributed by atoms with Gasteiger partial charge in [-0.3, -0.25) is 9.59 Å². The van der Waals surface area contributed by atoms with Gasteiger partial charge in [-0.05, 0) is 52.9 Å². The maximum absolute atomic E-state index is 12.6. The lowest BCUT2D eigenvalue weighted by Gasteiger charge is -2.30. The highest BCUT2D eigenvalue weighted by atomic mass is 16.5. The molecule has 8 heteroatoms. The summed E-state index contributed by atoms with van der Waals surface area (Å²) in [5.74, 6) is -0.494. The lowest BCUT2D eigenvalue weighted by Crippen LogP contribution is -2.32. The van der Waals surface area contributed by atoms with Crippen LogP contribution in [0.25, 0.3) is 0 Å². The number of hydrogen-bond donors (Lipinski definition) is 1. The van der Waals surface area contributed by atoms with Crippen molar-refractivity contribution >= 4 is 11.9 Å². The van der Waals surface area contributed by atoms with Gasteiger partial charge < -0.3 is 29.0 Å². The van der Waals surface area contributed by atoms with Crippen molar-refractivity contribution in [3.05, 3.63) is 0 Å². The van der Waals surface area contributed by atoms with Crippen LogP contribution in [0.15, 0.2) is 0 Å². The minimum atomic E-state index is -0.416. The molecule has 1 N–H and O–H groups in total. The van der Waals surface area contributed by atoms with Crippen LogP contribution in [0.5, 0.6) is 0 Å². The fourth-order valence-electron chi connectivity index (χ4n) is 7.57. The number of amides is 1. The Hall–Kier alpha value is -1.22. The highest BCUT2D eigenvalue weighted by molar-refractivity contribution is 5.81. The summed E-state index contributed by atoms with van der Waals surface area (Å²) in [5, 5.41) is 2.99. The van der Waals surface area contributed by atoms with E-state index >= 15 is 0 Å². The summed E-state index contributed by atoms with van der Waals surface area (Å²) in [5.41, 5.74) is -0.608. The molecular weight excluding hydrogens is 751 g/mol. The fraction of sp³-hybridized carbons (Fsp3) is 0.962. The molecule has 0 saturated carbocycles. The molecule has 358 valence electrons. The molecule has 0 aliphatic rings. The monoisotopic (exact) mass is 854 g/mol. The zero-order chi connectivity index (χ0) is 44.3. The summed E-state index contributed by atoms with van der Waals surface area (Å²) < 4.78 is 29.5. The molecule has 0 aliphatic heterocycles. The quantitative estimate of drug-likeness (QED) is 0.0481. The second kappa shape index (κ2) is 43.1. The van der Waals surface area contributed by atoms with Gasteiger partial charge in [0.2, 0.25) is 5.91 Å². The Labute approximate surface area is 373 Å². The number of unbranched alkanes of at least 4 members (excludes halogenated alkanes) is 26. The number of carbonyl (C=O) groups is 2. The van der Waals surface area contributed by atoms with Gasteiger partial charge in [-0.15, -0.1) is 0 Å². The van der Waals surface area contributed by atoms with Crippen LogP contribution in [0.1, 0.15) is 260 Å². The number of nitrogens with one attached hydrogen (secondary N) is 1. The topological polar surface area (TPSA) is 92.3 Å². The highest BCUT2D eigenvalue weighted by Crippen LogP contribution is 2.22. The molecule has 0 aliphatic carbocycles. The molecule has 0 radical (unpaired) electrons. The zero-order valence-corrected chi connectivity index (χ0v) is 41.2. The zero-order valence-electron chi connectivity index (χ0n) is 41.2. The Morgan fingerprint density at radius 1 is 0.533 bits per heavy atom. The summed E-state index contributed by atoms with van der Waals surface area (Å²) in [6, 6.07) is 0. The van der Waals surface area contributed by atoms with Crippen LogP contribution in [0.2, 0.25) is 0 Å². The molecule has 1 amide bonds. The van der Waals surface area contributed by atoms with Gasteiger partial charge in [0.1, 0.15) is 0 Å². The van der Waals surface area contributed by atoms with Gasteiger partial charge in [0, 0.05) is 39.7 Å². The summed E-state index contributed by atoms with van der Waals surface area (Å²) in [7, 11) is 1.74. The average molecular weight is 854 g/mol. The second-order valence-electron chi connectivity index (χ2n) is 18.7. The van der Waals surface area contributed by atoms with Crippen LogP contribution in [-0.4, -0.2) is 75.9 Å². The standard InChI is InChI=1S/C52H103NO7/c1-8-11-13-15-17-19-21-23-25-27-29-31-33-35-43-57-47-48(58-44-36-34-32-30-28-26-24-22-20-18-16-14-12-9-2)39-42-53-49(54)37-38-50(55)59-45-40-51(4,5)60-46-41-52(6,10-3)56-7/h48H,8-47H2,1-7H3,(H,53,54). The molecule has 0 spiro atoms. The van der Waals surface area contributed by atoms with E-state index in [-0.39, 0.29) is 43.0 Å². The molecule has 60 heavy (non-hydrogen) atoms. The van der Waals surface area contributed by atoms with Gasteiger partial charge in [-0.25, -0.2) is 0 Å². The van der Waals surface area contributed by atoms with Crippen LogP contribution in [0.3, 0.4) is 0 Å². The third kappa shape index (κ3) is 40.8. The number of ether oxygens (including phenoxy) is 5.